The number of hydrogen-bond acceptors (Lipinski definition) is 3. The number of pyridine rings is 1. The average Bonchev–Trinajstić information content (AvgIpc) is 2.29. The van der Waals surface area contributed by atoms with Crippen LogP contribution in [0, 0.1) is 5.82 Å². The highest BCUT2D eigenvalue weighted by atomic mass is 79.9. The van der Waals surface area contributed by atoms with Crippen molar-refractivity contribution in [3.63, 3.8) is 0 Å². The van der Waals surface area contributed by atoms with Crippen LogP contribution >= 0.6 is 15.9 Å². The van der Waals surface area contributed by atoms with Gasteiger partial charge < -0.3 is 4.74 Å². The highest BCUT2D eigenvalue weighted by Gasteiger charge is 2.20. The van der Waals surface area contributed by atoms with E-state index in [1.807, 2.05) is 0 Å². The Balaban J connectivity index is 3.05. The minimum absolute atomic E-state index is 0.155. The van der Waals surface area contributed by atoms with Crippen molar-refractivity contribution in [1.29, 1.82) is 0 Å². The van der Waals surface area contributed by atoms with Gasteiger partial charge in [-0.15, -0.1) is 0 Å². The van der Waals surface area contributed by atoms with Gasteiger partial charge in [0.05, 0.1) is 18.7 Å². The molecular weight excluding hydrogens is 315 g/mol. The highest BCUT2D eigenvalue weighted by Crippen LogP contribution is 2.23. The zero-order chi connectivity index (χ0) is 13.7. The van der Waals surface area contributed by atoms with Gasteiger partial charge in [0.2, 0.25) is 0 Å². The number of esters is 1. The van der Waals surface area contributed by atoms with E-state index in [2.05, 4.69) is 20.9 Å². The lowest BCUT2D eigenvalue weighted by molar-refractivity contribution is -0.142. The minimum Gasteiger partial charge on any atom is -0.466 e. The second-order valence-corrected chi connectivity index (χ2v) is 3.94. The standard InChI is InChI=1S/C11H11BrF3NO2/c1-2-18-9(17)4-6-3-7(13)10(11(14)15)16-8(6)5-12/h3,11H,2,4-5H2,1H3. The summed E-state index contributed by atoms with van der Waals surface area (Å²) in [5, 5.41) is 0.155. The molecule has 0 N–H and O–H groups in total. The molecular formula is C11H11BrF3NO2. The van der Waals surface area contributed by atoms with Crippen molar-refractivity contribution in [3.8, 4) is 0 Å². The summed E-state index contributed by atoms with van der Waals surface area (Å²) >= 11 is 3.06. The van der Waals surface area contributed by atoms with E-state index in [1.54, 1.807) is 6.92 Å². The van der Waals surface area contributed by atoms with Gasteiger partial charge in [-0.2, -0.15) is 0 Å². The maximum Gasteiger partial charge on any atom is 0.310 e. The van der Waals surface area contributed by atoms with E-state index < -0.39 is 23.9 Å². The predicted molar refractivity (Wildman–Crippen MR) is 62.1 cm³/mol. The molecule has 0 saturated carbocycles. The average molecular weight is 326 g/mol. The molecule has 0 unspecified atom stereocenters. The summed E-state index contributed by atoms with van der Waals surface area (Å²) in [5.41, 5.74) is -0.455. The smallest absolute Gasteiger partial charge is 0.310 e. The molecule has 0 fully saturated rings. The summed E-state index contributed by atoms with van der Waals surface area (Å²) < 4.78 is 43.0. The van der Waals surface area contributed by atoms with Gasteiger partial charge in [0.1, 0.15) is 5.69 Å². The molecule has 0 radical (unpaired) electrons. The fourth-order valence-electron chi connectivity index (χ4n) is 1.37. The van der Waals surface area contributed by atoms with Crippen molar-refractivity contribution >= 4 is 21.9 Å². The third kappa shape index (κ3) is 3.69. The van der Waals surface area contributed by atoms with Crippen LogP contribution in [0.25, 0.3) is 0 Å². The third-order valence-corrected chi connectivity index (χ3v) is 2.68. The fraction of sp³-hybridized carbons (Fsp3) is 0.455. The van der Waals surface area contributed by atoms with Crippen LogP contribution in [0.3, 0.4) is 0 Å². The molecule has 0 saturated heterocycles. The Hall–Kier alpha value is -1.11. The fourth-order valence-corrected chi connectivity index (χ4v) is 1.86. The van der Waals surface area contributed by atoms with Gasteiger partial charge in [-0.25, -0.2) is 18.2 Å². The lowest BCUT2D eigenvalue weighted by Crippen LogP contribution is -2.11. The van der Waals surface area contributed by atoms with E-state index in [9.17, 15) is 18.0 Å². The Morgan fingerprint density at radius 1 is 1.56 bits per heavy atom. The van der Waals surface area contributed by atoms with Gasteiger partial charge in [0.15, 0.2) is 5.82 Å². The first-order valence-corrected chi connectivity index (χ1v) is 6.29. The van der Waals surface area contributed by atoms with Crippen LogP contribution < -0.4 is 0 Å². The first kappa shape index (κ1) is 14.9. The predicted octanol–water partition coefficient (Wildman–Crippen LogP) is 3.16. The van der Waals surface area contributed by atoms with Gasteiger partial charge >= 0.3 is 5.97 Å². The van der Waals surface area contributed by atoms with Gasteiger partial charge in [-0.3, -0.25) is 4.79 Å². The Morgan fingerprint density at radius 2 is 2.22 bits per heavy atom. The number of carbonyl (C=O) groups excluding carboxylic acids is 1. The maximum absolute atomic E-state index is 13.3. The summed E-state index contributed by atoms with van der Waals surface area (Å²) in [7, 11) is 0. The topological polar surface area (TPSA) is 39.2 Å². The molecule has 18 heavy (non-hydrogen) atoms. The molecule has 1 aromatic rings. The van der Waals surface area contributed by atoms with Crippen LogP contribution in [0.5, 0.6) is 0 Å². The van der Waals surface area contributed by atoms with Crippen molar-refractivity contribution < 1.29 is 22.7 Å². The second-order valence-electron chi connectivity index (χ2n) is 3.38. The van der Waals surface area contributed by atoms with Crippen LogP contribution in [-0.2, 0) is 21.3 Å². The molecule has 0 aliphatic carbocycles. The molecule has 7 heteroatoms. The molecule has 0 bridgehead atoms. The van der Waals surface area contributed by atoms with Crippen LogP contribution in [0.2, 0.25) is 0 Å². The zero-order valence-corrected chi connectivity index (χ0v) is 11.1. The highest BCUT2D eigenvalue weighted by molar-refractivity contribution is 9.08. The summed E-state index contributed by atoms with van der Waals surface area (Å²) in [4.78, 5) is 14.8. The lowest BCUT2D eigenvalue weighted by Gasteiger charge is -2.09. The van der Waals surface area contributed by atoms with Crippen molar-refractivity contribution in [2.45, 2.75) is 25.1 Å². The molecule has 0 atom stereocenters. The molecule has 1 heterocycles. The normalized spacial score (nSPS) is 10.8. The molecule has 100 valence electrons. The number of hydrogen-bond donors (Lipinski definition) is 0. The molecule has 0 aliphatic heterocycles. The van der Waals surface area contributed by atoms with Crippen LogP contribution in [0.4, 0.5) is 13.2 Å². The summed E-state index contributed by atoms with van der Waals surface area (Å²) in [6.45, 7) is 1.84. The van der Waals surface area contributed by atoms with Gasteiger partial charge in [0.25, 0.3) is 6.43 Å². The van der Waals surface area contributed by atoms with Crippen molar-refractivity contribution in [2.24, 2.45) is 0 Å². The Kier molecular flexibility index (Phi) is 5.58. The van der Waals surface area contributed by atoms with E-state index in [0.29, 0.717) is 0 Å². The third-order valence-electron chi connectivity index (χ3n) is 2.15. The number of nitrogens with zero attached hydrogens (tertiary/aromatic N) is 1. The van der Waals surface area contributed by atoms with Crippen LogP contribution in [0.1, 0.15) is 30.3 Å². The number of carbonyl (C=O) groups is 1. The number of alkyl halides is 3. The van der Waals surface area contributed by atoms with Gasteiger partial charge in [-0.1, -0.05) is 15.9 Å². The monoisotopic (exact) mass is 325 g/mol. The van der Waals surface area contributed by atoms with E-state index in [4.69, 9.17) is 4.74 Å². The SMILES string of the molecule is CCOC(=O)Cc1cc(F)c(C(F)F)nc1CBr. The van der Waals surface area contributed by atoms with E-state index in [-0.39, 0.29) is 29.6 Å². The summed E-state index contributed by atoms with van der Waals surface area (Å²) in [6, 6.07) is 0.905. The first-order chi connectivity index (χ1) is 8.49. The zero-order valence-electron chi connectivity index (χ0n) is 9.55. The molecule has 3 nitrogen and oxygen atoms in total. The van der Waals surface area contributed by atoms with E-state index in [0.717, 1.165) is 6.07 Å². The Bertz CT molecular complexity index is 441. The quantitative estimate of drug-likeness (QED) is 0.616. The first-order valence-electron chi connectivity index (χ1n) is 5.17. The largest absolute Gasteiger partial charge is 0.466 e. The summed E-state index contributed by atoms with van der Waals surface area (Å²) in [5.74, 6) is -1.67. The number of halogens is 4. The van der Waals surface area contributed by atoms with Crippen molar-refractivity contribution in [2.75, 3.05) is 6.61 Å². The molecule has 0 spiro atoms. The van der Waals surface area contributed by atoms with E-state index >= 15 is 0 Å². The van der Waals surface area contributed by atoms with Crippen LogP contribution in [0.15, 0.2) is 6.07 Å². The summed E-state index contributed by atoms with van der Waals surface area (Å²) in [6.07, 6.45) is -3.18. The van der Waals surface area contributed by atoms with Gasteiger partial charge in [-0.05, 0) is 18.6 Å². The molecule has 0 amide bonds. The minimum atomic E-state index is -2.99. The maximum atomic E-state index is 13.3. The number of aromatic nitrogens is 1. The molecule has 0 aromatic carbocycles. The van der Waals surface area contributed by atoms with Crippen molar-refractivity contribution in [3.05, 3.63) is 28.8 Å². The van der Waals surface area contributed by atoms with Gasteiger partial charge in [0, 0.05) is 5.33 Å². The van der Waals surface area contributed by atoms with Crippen molar-refractivity contribution in [1.82, 2.24) is 4.98 Å². The van der Waals surface area contributed by atoms with E-state index in [1.165, 1.54) is 0 Å². The second kappa shape index (κ2) is 6.72. The molecule has 0 aliphatic rings. The Labute approximate surface area is 110 Å². The number of rotatable bonds is 5. The Morgan fingerprint density at radius 3 is 2.72 bits per heavy atom. The lowest BCUT2D eigenvalue weighted by atomic mass is 10.1. The molecule has 1 rings (SSSR count). The molecule has 1 aromatic heterocycles. The van der Waals surface area contributed by atoms with Crippen LogP contribution in [-0.4, -0.2) is 17.6 Å². The number of ether oxygens (including phenoxy) is 1.